The van der Waals surface area contributed by atoms with Gasteiger partial charge in [0.15, 0.2) is 6.61 Å². The van der Waals surface area contributed by atoms with Crippen molar-refractivity contribution < 1.29 is 28.6 Å². The molecule has 0 atom stereocenters. The summed E-state index contributed by atoms with van der Waals surface area (Å²) in [5.74, 6) is -2.67. The van der Waals surface area contributed by atoms with Gasteiger partial charge in [-0.3, -0.25) is 4.79 Å². The number of carbonyl (C=O) groups is 3. The van der Waals surface area contributed by atoms with Crippen LogP contribution in [-0.2, 0) is 28.6 Å². The maximum Gasteiger partial charge on any atom is 0.350 e. The molecule has 0 N–H and O–H groups in total. The lowest BCUT2D eigenvalue weighted by atomic mass is 10.1. The molecule has 0 rings (SSSR count). The van der Waals surface area contributed by atoms with Crippen molar-refractivity contribution in [3.05, 3.63) is 0 Å². The minimum atomic E-state index is -1.49. The molecular formula is C11H19ClO6. The Kier molecular flexibility index (Phi) is 10.3. The largest absolute Gasteiger partial charge is 0.466 e. The van der Waals surface area contributed by atoms with Gasteiger partial charge in [-0.15, -0.1) is 11.6 Å². The molecule has 0 radical (unpaired) electrons. The van der Waals surface area contributed by atoms with Crippen LogP contribution in [-0.4, -0.2) is 43.1 Å². The van der Waals surface area contributed by atoms with Gasteiger partial charge in [-0.05, 0) is 13.8 Å². The molecule has 0 aromatic heterocycles. The van der Waals surface area contributed by atoms with E-state index in [1.54, 1.807) is 0 Å². The van der Waals surface area contributed by atoms with Gasteiger partial charge in [0, 0.05) is 0 Å². The fraction of sp³-hybridized carbons (Fsp3) is 0.727. The summed E-state index contributed by atoms with van der Waals surface area (Å²) < 4.78 is 13.6. The maximum atomic E-state index is 11.4. The lowest BCUT2D eigenvalue weighted by Crippen LogP contribution is -2.40. The molecule has 0 unspecified atom stereocenters. The van der Waals surface area contributed by atoms with Crippen molar-refractivity contribution in [2.24, 2.45) is 0 Å². The summed E-state index contributed by atoms with van der Waals surface area (Å²) in [5, 5.41) is 0. The highest BCUT2D eigenvalue weighted by molar-refractivity contribution is 6.26. The Hall–Kier alpha value is -1.30. The second kappa shape index (κ2) is 9.70. The van der Waals surface area contributed by atoms with E-state index in [1.807, 2.05) is 13.8 Å². The summed E-state index contributed by atoms with van der Waals surface area (Å²) >= 11 is 5.21. The molecule has 0 saturated heterocycles. The van der Waals surface area contributed by atoms with Crippen LogP contribution in [0.4, 0.5) is 0 Å². The summed E-state index contributed by atoms with van der Waals surface area (Å²) in [4.78, 5) is 33.0. The molecule has 0 spiro atoms. The van der Waals surface area contributed by atoms with Crippen LogP contribution in [0.1, 0.15) is 27.7 Å². The van der Waals surface area contributed by atoms with Gasteiger partial charge in [0.2, 0.25) is 5.60 Å². The van der Waals surface area contributed by atoms with Gasteiger partial charge < -0.3 is 14.2 Å². The van der Waals surface area contributed by atoms with E-state index < -0.39 is 30.1 Å². The van der Waals surface area contributed by atoms with Crippen LogP contribution < -0.4 is 0 Å². The van der Waals surface area contributed by atoms with Crippen LogP contribution in [0.15, 0.2) is 0 Å². The summed E-state index contributed by atoms with van der Waals surface area (Å²) in [6.07, 6.45) is 0. The molecule has 0 fully saturated rings. The van der Waals surface area contributed by atoms with E-state index in [2.05, 4.69) is 9.47 Å². The third kappa shape index (κ3) is 7.89. The monoisotopic (exact) mass is 282 g/mol. The Bertz CT molecular complexity index is 287. The molecular weight excluding hydrogens is 264 g/mol. The maximum absolute atomic E-state index is 11.4. The first-order valence-electron chi connectivity index (χ1n) is 5.35. The number of methoxy groups -OCH3 is 1. The highest BCUT2D eigenvalue weighted by Gasteiger charge is 2.34. The number of ether oxygens (including phenoxy) is 3. The molecule has 106 valence electrons. The molecule has 7 heteroatoms. The van der Waals surface area contributed by atoms with Gasteiger partial charge in [0.05, 0.1) is 7.11 Å². The Balaban J connectivity index is 0. The number of hydrogen-bond donors (Lipinski definition) is 0. The van der Waals surface area contributed by atoms with E-state index in [4.69, 9.17) is 16.3 Å². The number of alkyl halides is 1. The Morgan fingerprint density at radius 2 is 1.61 bits per heavy atom. The Labute approximate surface area is 112 Å². The second-order valence-corrected chi connectivity index (χ2v) is 3.54. The van der Waals surface area contributed by atoms with E-state index in [9.17, 15) is 14.4 Å². The number of halogens is 1. The molecule has 0 aromatic rings. The first-order valence-corrected chi connectivity index (χ1v) is 5.88. The molecule has 0 heterocycles. The van der Waals surface area contributed by atoms with Crippen molar-refractivity contribution in [3.8, 4) is 0 Å². The van der Waals surface area contributed by atoms with Crippen LogP contribution in [0, 0.1) is 0 Å². The highest BCUT2D eigenvalue weighted by Crippen LogP contribution is 2.12. The van der Waals surface area contributed by atoms with E-state index in [-0.39, 0.29) is 5.88 Å². The molecule has 0 aliphatic heterocycles. The summed E-state index contributed by atoms with van der Waals surface area (Å²) in [7, 11) is 1.16. The quantitative estimate of drug-likeness (QED) is 0.429. The van der Waals surface area contributed by atoms with Crippen LogP contribution in [0.5, 0.6) is 0 Å². The van der Waals surface area contributed by atoms with Gasteiger partial charge in [0.1, 0.15) is 5.88 Å². The van der Waals surface area contributed by atoms with E-state index in [0.717, 1.165) is 7.11 Å². The van der Waals surface area contributed by atoms with Crippen LogP contribution >= 0.6 is 11.6 Å². The van der Waals surface area contributed by atoms with Gasteiger partial charge in [-0.1, -0.05) is 13.8 Å². The number of esters is 3. The zero-order valence-electron chi connectivity index (χ0n) is 11.2. The number of hydrogen-bond acceptors (Lipinski definition) is 6. The first-order chi connectivity index (χ1) is 8.33. The number of rotatable bonds is 5. The lowest BCUT2D eigenvalue weighted by molar-refractivity contribution is -0.179. The molecule has 0 aliphatic rings. The first kappa shape index (κ1) is 19.0. The normalized spacial score (nSPS) is 9.67. The zero-order chi connectivity index (χ0) is 14.8. The molecule has 0 aromatic carbocycles. The Morgan fingerprint density at radius 1 is 1.11 bits per heavy atom. The van der Waals surface area contributed by atoms with Gasteiger partial charge >= 0.3 is 17.9 Å². The van der Waals surface area contributed by atoms with Crippen LogP contribution in [0.25, 0.3) is 0 Å². The van der Waals surface area contributed by atoms with Gasteiger partial charge in [0.25, 0.3) is 0 Å². The third-order valence-electron chi connectivity index (χ3n) is 1.52. The molecule has 0 amide bonds. The van der Waals surface area contributed by atoms with E-state index >= 15 is 0 Å². The Morgan fingerprint density at radius 3 is 2.00 bits per heavy atom. The van der Waals surface area contributed by atoms with Crippen molar-refractivity contribution >= 4 is 29.5 Å². The average Bonchev–Trinajstić information content (AvgIpc) is 2.36. The van der Waals surface area contributed by atoms with Crippen molar-refractivity contribution in [2.45, 2.75) is 33.3 Å². The third-order valence-corrected chi connectivity index (χ3v) is 1.74. The minimum Gasteiger partial charge on any atom is -0.466 e. The molecule has 0 aliphatic carbocycles. The zero-order valence-corrected chi connectivity index (χ0v) is 12.0. The SMILES string of the molecule is CC.COC(=O)COC(=O)C(C)(C)OC(=O)CCl. The van der Waals surface area contributed by atoms with Crippen molar-refractivity contribution in [2.75, 3.05) is 19.6 Å². The summed E-state index contributed by atoms with van der Waals surface area (Å²) in [5.41, 5.74) is -1.49. The molecule has 0 saturated carbocycles. The van der Waals surface area contributed by atoms with Gasteiger partial charge in [-0.25, -0.2) is 9.59 Å². The highest BCUT2D eigenvalue weighted by atomic mass is 35.5. The van der Waals surface area contributed by atoms with Crippen LogP contribution in [0.3, 0.4) is 0 Å². The molecule has 6 nitrogen and oxygen atoms in total. The summed E-state index contributed by atoms with van der Waals surface area (Å²) in [6, 6.07) is 0. The van der Waals surface area contributed by atoms with E-state index in [0.29, 0.717) is 0 Å². The van der Waals surface area contributed by atoms with Crippen molar-refractivity contribution in [1.29, 1.82) is 0 Å². The number of carbonyl (C=O) groups excluding carboxylic acids is 3. The lowest BCUT2D eigenvalue weighted by Gasteiger charge is -2.22. The topological polar surface area (TPSA) is 78.9 Å². The fourth-order valence-electron chi connectivity index (χ4n) is 0.711. The van der Waals surface area contributed by atoms with Crippen molar-refractivity contribution in [3.63, 3.8) is 0 Å². The smallest absolute Gasteiger partial charge is 0.350 e. The average molecular weight is 283 g/mol. The predicted octanol–water partition coefficient (Wildman–Crippen LogP) is 1.29. The minimum absolute atomic E-state index is 0.367. The van der Waals surface area contributed by atoms with Gasteiger partial charge in [-0.2, -0.15) is 0 Å². The van der Waals surface area contributed by atoms with E-state index in [1.165, 1.54) is 13.8 Å². The van der Waals surface area contributed by atoms with Crippen LogP contribution in [0.2, 0.25) is 0 Å². The molecule has 18 heavy (non-hydrogen) atoms. The summed E-state index contributed by atoms with van der Waals surface area (Å²) in [6.45, 7) is 6.13. The van der Waals surface area contributed by atoms with Crippen molar-refractivity contribution in [1.82, 2.24) is 0 Å². The standard InChI is InChI=1S/C9H13ClO6.C2H6/c1-9(2,16-6(11)4-10)8(13)15-5-7(12)14-3;1-2/h4-5H2,1-3H3;1-2H3. The second-order valence-electron chi connectivity index (χ2n) is 3.27. The fourth-order valence-corrected chi connectivity index (χ4v) is 0.765. The predicted molar refractivity (Wildman–Crippen MR) is 65.2 cm³/mol. The molecule has 0 bridgehead atoms.